The molecule has 4 rings (SSSR count). The summed E-state index contributed by atoms with van der Waals surface area (Å²) in [7, 11) is 0. The highest BCUT2D eigenvalue weighted by atomic mass is 16.2. The number of primary amides is 2. The number of aromatic nitrogens is 4. The number of anilines is 1. The zero-order valence-electron chi connectivity index (χ0n) is 18.9. The molecule has 0 bridgehead atoms. The van der Waals surface area contributed by atoms with Gasteiger partial charge in [0, 0.05) is 63.1 Å². The van der Waals surface area contributed by atoms with Gasteiger partial charge in [-0.15, -0.1) is 0 Å². The van der Waals surface area contributed by atoms with E-state index in [0.29, 0.717) is 38.5 Å². The summed E-state index contributed by atoms with van der Waals surface area (Å²) in [5.41, 5.74) is 11.8. The number of nitrogens with zero attached hydrogens (tertiary/aromatic N) is 6. The van der Waals surface area contributed by atoms with Crippen molar-refractivity contribution in [3.05, 3.63) is 48.0 Å². The number of carbonyl (C=O) groups excluding carboxylic acids is 3. The van der Waals surface area contributed by atoms with E-state index in [0.717, 1.165) is 36.8 Å². The largest absolute Gasteiger partial charge is 0.366 e. The number of fused-ring (bicyclic) bond motifs is 1. The van der Waals surface area contributed by atoms with Crippen molar-refractivity contribution < 1.29 is 14.4 Å². The molecular weight excluding hydrogens is 436 g/mol. The zero-order chi connectivity index (χ0) is 24.1. The third kappa shape index (κ3) is 5.30. The van der Waals surface area contributed by atoms with E-state index in [2.05, 4.69) is 15.0 Å². The van der Waals surface area contributed by atoms with Crippen molar-refractivity contribution in [2.75, 3.05) is 31.1 Å². The number of carbonyl (C=O) groups is 3. The standard InChI is InChI=1S/C23H28N8O3/c24-20(33)17-14-26-23(27-15-17)31-12-10-29(11-13-31)19(32)4-2-1-3-8-30-9-7-16-5-6-18(21(25)34)28-22(16)30/h5-7,9,14-15H,1-4,8,10-13H2,(H2,24,33)(H2,25,34). The number of unbranched alkanes of at least 4 members (excludes halogenated alkanes) is 2. The van der Waals surface area contributed by atoms with Crippen LogP contribution < -0.4 is 16.4 Å². The van der Waals surface area contributed by atoms with Crippen LogP contribution in [0.3, 0.4) is 0 Å². The van der Waals surface area contributed by atoms with Crippen LogP contribution in [-0.2, 0) is 11.3 Å². The molecule has 4 heterocycles. The van der Waals surface area contributed by atoms with Gasteiger partial charge in [-0.25, -0.2) is 15.0 Å². The number of amides is 3. The van der Waals surface area contributed by atoms with Crippen molar-refractivity contribution in [2.45, 2.75) is 32.2 Å². The first-order chi connectivity index (χ1) is 16.4. The summed E-state index contributed by atoms with van der Waals surface area (Å²) in [5.74, 6) is -0.407. The lowest BCUT2D eigenvalue weighted by Crippen LogP contribution is -2.49. The predicted molar refractivity (Wildman–Crippen MR) is 126 cm³/mol. The van der Waals surface area contributed by atoms with Crippen LogP contribution in [0.2, 0.25) is 0 Å². The van der Waals surface area contributed by atoms with Crippen LogP contribution in [0.25, 0.3) is 11.0 Å². The van der Waals surface area contributed by atoms with Crippen LogP contribution in [0.4, 0.5) is 5.95 Å². The number of aryl methyl sites for hydroxylation is 1. The highest BCUT2D eigenvalue weighted by molar-refractivity contribution is 5.93. The van der Waals surface area contributed by atoms with Crippen molar-refractivity contribution in [1.82, 2.24) is 24.4 Å². The lowest BCUT2D eigenvalue weighted by Gasteiger charge is -2.34. The van der Waals surface area contributed by atoms with Crippen molar-refractivity contribution in [2.24, 2.45) is 11.5 Å². The summed E-state index contributed by atoms with van der Waals surface area (Å²) in [4.78, 5) is 51.8. The molecule has 11 heteroatoms. The lowest BCUT2D eigenvalue weighted by atomic mass is 10.1. The first kappa shape index (κ1) is 23.1. The van der Waals surface area contributed by atoms with Crippen molar-refractivity contribution in [1.29, 1.82) is 0 Å². The Morgan fingerprint density at radius 2 is 1.62 bits per heavy atom. The van der Waals surface area contributed by atoms with E-state index in [9.17, 15) is 14.4 Å². The Balaban J connectivity index is 1.18. The van der Waals surface area contributed by atoms with Gasteiger partial charge < -0.3 is 25.8 Å². The van der Waals surface area contributed by atoms with E-state index in [1.165, 1.54) is 12.4 Å². The van der Waals surface area contributed by atoms with Crippen LogP contribution in [0.1, 0.15) is 46.5 Å². The monoisotopic (exact) mass is 464 g/mol. The van der Waals surface area contributed by atoms with Crippen LogP contribution in [-0.4, -0.2) is 68.3 Å². The molecule has 1 fully saturated rings. The molecular formula is C23H28N8O3. The van der Waals surface area contributed by atoms with Crippen LogP contribution in [0, 0.1) is 0 Å². The summed E-state index contributed by atoms with van der Waals surface area (Å²) in [6.45, 7) is 3.28. The minimum atomic E-state index is -0.558. The van der Waals surface area contributed by atoms with E-state index < -0.39 is 11.8 Å². The number of nitrogens with two attached hydrogens (primary N) is 2. The maximum absolute atomic E-state index is 12.6. The molecule has 3 aromatic rings. The predicted octanol–water partition coefficient (Wildman–Crippen LogP) is 0.933. The van der Waals surface area contributed by atoms with Crippen LogP contribution in [0.15, 0.2) is 36.8 Å². The first-order valence-electron chi connectivity index (χ1n) is 11.3. The van der Waals surface area contributed by atoms with Crippen molar-refractivity contribution in [3.8, 4) is 0 Å². The second kappa shape index (κ2) is 10.3. The Hall–Kier alpha value is -4.02. The summed E-state index contributed by atoms with van der Waals surface area (Å²) < 4.78 is 2.01. The summed E-state index contributed by atoms with van der Waals surface area (Å²) in [5, 5.41) is 0.966. The Labute approximate surface area is 196 Å². The Kier molecular flexibility index (Phi) is 7.00. The molecule has 11 nitrogen and oxygen atoms in total. The van der Waals surface area contributed by atoms with Gasteiger partial charge in [-0.05, 0) is 31.0 Å². The minimum Gasteiger partial charge on any atom is -0.366 e. The Morgan fingerprint density at radius 3 is 2.29 bits per heavy atom. The van der Waals surface area contributed by atoms with Crippen molar-refractivity contribution in [3.63, 3.8) is 0 Å². The second-order valence-electron chi connectivity index (χ2n) is 8.30. The molecule has 0 radical (unpaired) electrons. The molecule has 1 aliphatic heterocycles. The lowest BCUT2D eigenvalue weighted by molar-refractivity contribution is -0.131. The van der Waals surface area contributed by atoms with E-state index in [1.807, 2.05) is 32.7 Å². The molecule has 1 aliphatic rings. The Morgan fingerprint density at radius 1 is 0.882 bits per heavy atom. The van der Waals surface area contributed by atoms with Gasteiger partial charge in [0.05, 0.1) is 5.56 Å². The fourth-order valence-corrected chi connectivity index (χ4v) is 4.04. The quantitative estimate of drug-likeness (QED) is 0.447. The highest BCUT2D eigenvalue weighted by Gasteiger charge is 2.22. The minimum absolute atomic E-state index is 0.156. The molecule has 34 heavy (non-hydrogen) atoms. The molecule has 3 amide bonds. The molecule has 1 saturated heterocycles. The smallest absolute Gasteiger partial charge is 0.267 e. The van der Waals surface area contributed by atoms with Crippen molar-refractivity contribution >= 4 is 34.7 Å². The average molecular weight is 465 g/mol. The van der Waals surface area contributed by atoms with Gasteiger partial charge >= 0.3 is 0 Å². The summed E-state index contributed by atoms with van der Waals surface area (Å²) in [6, 6.07) is 5.44. The van der Waals surface area contributed by atoms with Gasteiger partial charge in [-0.1, -0.05) is 6.42 Å². The first-order valence-corrected chi connectivity index (χ1v) is 11.3. The number of hydrogen-bond donors (Lipinski definition) is 2. The maximum atomic E-state index is 12.6. The highest BCUT2D eigenvalue weighted by Crippen LogP contribution is 2.16. The van der Waals surface area contributed by atoms with Gasteiger partial charge in [-0.3, -0.25) is 14.4 Å². The number of piperazine rings is 1. The normalized spacial score (nSPS) is 13.9. The van der Waals surface area contributed by atoms with E-state index >= 15 is 0 Å². The summed E-state index contributed by atoms with van der Waals surface area (Å²) >= 11 is 0. The zero-order valence-corrected chi connectivity index (χ0v) is 18.9. The fraction of sp³-hybridized carbons (Fsp3) is 0.391. The molecule has 0 aliphatic carbocycles. The Bertz CT molecular complexity index is 1180. The molecule has 178 valence electrons. The third-order valence-electron chi connectivity index (χ3n) is 5.99. The second-order valence-corrected chi connectivity index (χ2v) is 8.30. The molecule has 0 aromatic carbocycles. The SMILES string of the molecule is NC(=O)c1cnc(N2CCN(C(=O)CCCCCn3ccc4ccc(C(N)=O)nc43)CC2)nc1. The van der Waals surface area contributed by atoms with Crippen LogP contribution in [0.5, 0.6) is 0 Å². The van der Waals surface area contributed by atoms with Gasteiger partial charge in [0.2, 0.25) is 11.9 Å². The van der Waals surface area contributed by atoms with E-state index in [1.54, 1.807) is 6.07 Å². The topological polar surface area (TPSA) is 153 Å². The third-order valence-corrected chi connectivity index (χ3v) is 5.99. The number of rotatable bonds is 9. The van der Waals surface area contributed by atoms with Gasteiger partial charge in [0.15, 0.2) is 0 Å². The van der Waals surface area contributed by atoms with E-state index in [-0.39, 0.29) is 17.2 Å². The molecule has 0 spiro atoms. The number of hydrogen-bond acceptors (Lipinski definition) is 7. The van der Waals surface area contributed by atoms with E-state index in [4.69, 9.17) is 11.5 Å². The number of pyridine rings is 1. The molecule has 0 saturated carbocycles. The maximum Gasteiger partial charge on any atom is 0.267 e. The summed E-state index contributed by atoms with van der Waals surface area (Å²) in [6.07, 6.45) is 7.96. The van der Waals surface area contributed by atoms with Gasteiger partial charge in [-0.2, -0.15) is 0 Å². The molecule has 4 N–H and O–H groups in total. The average Bonchev–Trinajstić information content (AvgIpc) is 3.26. The fourth-order valence-electron chi connectivity index (χ4n) is 4.04. The van der Waals surface area contributed by atoms with Gasteiger partial charge in [0.1, 0.15) is 11.3 Å². The molecule has 0 unspecified atom stereocenters. The van der Waals surface area contributed by atoms with Gasteiger partial charge in [0.25, 0.3) is 11.8 Å². The molecule has 3 aromatic heterocycles. The van der Waals surface area contributed by atoms with Crippen LogP contribution >= 0.6 is 0 Å². The molecule has 0 atom stereocenters.